The van der Waals surface area contributed by atoms with Crippen LogP contribution in [0.3, 0.4) is 0 Å². The Bertz CT molecular complexity index is 2700. The predicted octanol–water partition coefficient (Wildman–Crippen LogP) is 13.1. The predicted molar refractivity (Wildman–Crippen MR) is 216 cm³/mol. The minimum absolute atomic E-state index is 1.19. The van der Waals surface area contributed by atoms with E-state index in [2.05, 4.69) is 206 Å². The van der Waals surface area contributed by atoms with E-state index in [1.54, 1.807) is 0 Å². The lowest BCUT2D eigenvalue weighted by Crippen LogP contribution is -1.90. The molecule has 0 amide bonds. The molecule has 0 saturated heterocycles. The number of aryl methyl sites for hydroxylation is 1. The molecule has 0 aliphatic rings. The van der Waals surface area contributed by atoms with Gasteiger partial charge in [-0.05, 0) is 96.9 Å². The van der Waals surface area contributed by atoms with Gasteiger partial charge in [-0.1, -0.05) is 158 Å². The molecule has 0 aliphatic heterocycles. The Kier molecular flexibility index (Phi) is 7.44. The molecule has 9 rings (SSSR count). The van der Waals surface area contributed by atoms with Crippen LogP contribution in [0.2, 0.25) is 0 Å². The molecule has 0 bridgehead atoms. The highest BCUT2D eigenvalue weighted by molar-refractivity contribution is 6.13. The molecule has 0 saturated carbocycles. The summed E-state index contributed by atoms with van der Waals surface area (Å²) in [7, 11) is 2.17. The van der Waals surface area contributed by atoms with Crippen molar-refractivity contribution in [3.8, 4) is 11.1 Å². The van der Waals surface area contributed by atoms with Gasteiger partial charge in [-0.2, -0.15) is 0 Å². The monoisotopic (exact) mass is 637 g/mol. The third kappa shape index (κ3) is 5.49. The summed E-state index contributed by atoms with van der Waals surface area (Å²) in [6, 6.07) is 63.6. The lowest BCUT2D eigenvalue weighted by Gasteiger charge is -2.10. The number of hydrogen-bond acceptors (Lipinski definition) is 0. The second-order valence-corrected chi connectivity index (χ2v) is 13.1. The highest BCUT2D eigenvalue weighted by Gasteiger charge is 2.13. The van der Waals surface area contributed by atoms with Crippen LogP contribution in [0.25, 0.3) is 78.3 Å². The quantitative estimate of drug-likeness (QED) is 0.160. The highest BCUT2D eigenvalue weighted by Crippen LogP contribution is 2.36. The zero-order chi connectivity index (χ0) is 33.4. The fourth-order valence-corrected chi connectivity index (χ4v) is 7.41. The van der Waals surface area contributed by atoms with Crippen LogP contribution in [0.15, 0.2) is 176 Å². The number of benzene rings is 8. The Morgan fingerprint density at radius 1 is 0.440 bits per heavy atom. The Labute approximate surface area is 292 Å². The van der Waals surface area contributed by atoms with Gasteiger partial charge in [0.15, 0.2) is 0 Å². The molecule has 1 heteroatoms. The van der Waals surface area contributed by atoms with Crippen molar-refractivity contribution >= 4 is 67.2 Å². The second-order valence-electron chi connectivity index (χ2n) is 13.1. The van der Waals surface area contributed by atoms with Gasteiger partial charge in [0.2, 0.25) is 0 Å². The highest BCUT2D eigenvalue weighted by atomic mass is 14.9. The van der Waals surface area contributed by atoms with Gasteiger partial charge in [0, 0.05) is 28.9 Å². The van der Waals surface area contributed by atoms with Crippen LogP contribution in [-0.4, -0.2) is 4.57 Å². The zero-order valence-electron chi connectivity index (χ0n) is 27.9. The van der Waals surface area contributed by atoms with E-state index in [0.29, 0.717) is 0 Å². The van der Waals surface area contributed by atoms with E-state index in [4.69, 9.17) is 0 Å². The van der Waals surface area contributed by atoms with Crippen LogP contribution in [0.5, 0.6) is 0 Å². The van der Waals surface area contributed by atoms with Gasteiger partial charge >= 0.3 is 0 Å². The van der Waals surface area contributed by atoms with Crippen LogP contribution in [-0.2, 0) is 7.05 Å². The van der Waals surface area contributed by atoms with Gasteiger partial charge in [0.05, 0.1) is 5.52 Å². The molecule has 236 valence electrons. The van der Waals surface area contributed by atoms with Crippen LogP contribution in [0, 0.1) is 0 Å². The molecule has 1 aromatic heterocycles. The summed E-state index contributed by atoms with van der Waals surface area (Å²) in [6.45, 7) is 0. The van der Waals surface area contributed by atoms with Crippen molar-refractivity contribution in [2.24, 2.45) is 7.05 Å². The average Bonchev–Trinajstić information content (AvgIpc) is 3.48. The molecule has 9 aromatic rings. The van der Waals surface area contributed by atoms with E-state index in [1.807, 2.05) is 0 Å². The van der Waals surface area contributed by atoms with Crippen LogP contribution < -0.4 is 0 Å². The van der Waals surface area contributed by atoms with Crippen molar-refractivity contribution in [3.05, 3.63) is 204 Å². The molecular formula is C49H35N. The van der Waals surface area contributed by atoms with Gasteiger partial charge in [-0.15, -0.1) is 0 Å². The summed E-state index contributed by atoms with van der Waals surface area (Å²) in [5.74, 6) is 0. The summed E-state index contributed by atoms with van der Waals surface area (Å²) >= 11 is 0. The Balaban J connectivity index is 0.986. The Hall–Kier alpha value is -6.44. The molecule has 0 unspecified atom stereocenters. The van der Waals surface area contributed by atoms with E-state index in [1.165, 1.54) is 87.9 Å². The van der Waals surface area contributed by atoms with Gasteiger partial charge in [-0.3, -0.25) is 0 Å². The summed E-state index contributed by atoms with van der Waals surface area (Å²) in [6.07, 6.45) is 6.73. The topological polar surface area (TPSA) is 4.93 Å². The number of aromatic nitrogens is 1. The zero-order valence-corrected chi connectivity index (χ0v) is 27.9. The number of rotatable bonds is 6. The lowest BCUT2D eigenvalue weighted by atomic mass is 9.95. The summed E-state index contributed by atoms with van der Waals surface area (Å²) < 4.78 is 2.33. The maximum atomic E-state index is 2.33. The fourth-order valence-electron chi connectivity index (χ4n) is 7.41. The lowest BCUT2D eigenvalue weighted by molar-refractivity contribution is 1.02. The maximum absolute atomic E-state index is 2.33. The van der Waals surface area contributed by atoms with Crippen molar-refractivity contribution in [2.45, 2.75) is 0 Å². The minimum Gasteiger partial charge on any atom is -0.343 e. The summed E-state index contributed by atoms with van der Waals surface area (Å²) in [5.41, 5.74) is 12.3. The van der Waals surface area contributed by atoms with E-state index in [0.717, 1.165) is 0 Å². The maximum Gasteiger partial charge on any atom is 0.0568 e. The van der Waals surface area contributed by atoms with Crippen LogP contribution in [0.4, 0.5) is 0 Å². The molecule has 0 N–H and O–H groups in total. The number of hydrogen-bond donors (Lipinski definition) is 0. The van der Waals surface area contributed by atoms with E-state index < -0.39 is 0 Å². The molecule has 1 nitrogen and oxygen atoms in total. The van der Waals surface area contributed by atoms with Gasteiger partial charge in [-0.25, -0.2) is 0 Å². The molecule has 0 atom stereocenters. The first-order valence-electron chi connectivity index (χ1n) is 17.2. The van der Waals surface area contributed by atoms with Crippen molar-refractivity contribution in [3.63, 3.8) is 0 Å². The summed E-state index contributed by atoms with van der Waals surface area (Å²) in [4.78, 5) is 0. The first kappa shape index (κ1) is 29.7. The van der Waals surface area contributed by atoms with Crippen molar-refractivity contribution in [1.82, 2.24) is 4.57 Å². The number of para-hydroxylation sites is 2. The van der Waals surface area contributed by atoms with E-state index >= 15 is 0 Å². The fraction of sp³-hybridized carbons (Fsp3) is 0.0204. The minimum atomic E-state index is 1.19. The molecule has 50 heavy (non-hydrogen) atoms. The van der Waals surface area contributed by atoms with Crippen LogP contribution >= 0.6 is 0 Å². The van der Waals surface area contributed by atoms with Gasteiger partial charge in [0.1, 0.15) is 0 Å². The normalized spacial score (nSPS) is 11.6. The Morgan fingerprint density at radius 3 is 1.62 bits per heavy atom. The second kappa shape index (κ2) is 12.5. The van der Waals surface area contributed by atoms with Gasteiger partial charge in [0.25, 0.3) is 0 Å². The Morgan fingerprint density at radius 2 is 0.960 bits per heavy atom. The smallest absolute Gasteiger partial charge is 0.0568 e. The standard InChI is InChI=1S/C49H35N/c1-50-48-18-9-8-15-45(48)46-17-10-16-44(49(46)50)43-28-27-41-30-35(22-25-42(41)33-43)20-19-34-21-24-40-31-36(23-26-39(40)29-34)32-47(37-11-4-2-5-12-37)38-13-6-3-7-14-38/h2-33H,1H3. The number of fused-ring (bicyclic) bond motifs is 5. The average molecular weight is 638 g/mol. The third-order valence-electron chi connectivity index (χ3n) is 9.94. The van der Waals surface area contributed by atoms with Crippen molar-refractivity contribution in [2.75, 3.05) is 0 Å². The van der Waals surface area contributed by atoms with Crippen molar-refractivity contribution < 1.29 is 0 Å². The molecule has 8 aromatic carbocycles. The van der Waals surface area contributed by atoms with E-state index in [-0.39, 0.29) is 0 Å². The molecule has 0 spiro atoms. The number of nitrogens with zero attached hydrogens (tertiary/aromatic N) is 1. The van der Waals surface area contributed by atoms with Crippen molar-refractivity contribution in [1.29, 1.82) is 0 Å². The molecule has 0 radical (unpaired) electrons. The molecule has 0 fully saturated rings. The molecular weight excluding hydrogens is 603 g/mol. The summed E-state index contributed by atoms with van der Waals surface area (Å²) in [5, 5.41) is 7.55. The first-order chi connectivity index (χ1) is 24.7. The molecule has 1 heterocycles. The van der Waals surface area contributed by atoms with Gasteiger partial charge < -0.3 is 4.57 Å². The first-order valence-corrected chi connectivity index (χ1v) is 17.2. The molecule has 0 aliphatic carbocycles. The SMILES string of the molecule is Cn1c2ccccc2c2cccc(-c3ccc4cc(C=Cc5ccc6cc(C=C(c7ccccc7)c7ccccc7)ccc6c5)ccc4c3)c21. The largest absolute Gasteiger partial charge is 0.343 e. The third-order valence-corrected chi connectivity index (χ3v) is 9.94. The van der Waals surface area contributed by atoms with Crippen LogP contribution in [0.1, 0.15) is 27.8 Å². The van der Waals surface area contributed by atoms with E-state index in [9.17, 15) is 0 Å².